The number of hydrogen-bond acceptors (Lipinski definition) is 7. The van der Waals surface area contributed by atoms with E-state index in [0.717, 1.165) is 16.2 Å². The summed E-state index contributed by atoms with van der Waals surface area (Å²) < 4.78 is 26.2. The fourth-order valence-electron chi connectivity index (χ4n) is 3.84. The van der Waals surface area contributed by atoms with Crippen LogP contribution in [0.1, 0.15) is 48.4 Å². The Morgan fingerprint density at radius 2 is 1.63 bits per heavy atom. The summed E-state index contributed by atoms with van der Waals surface area (Å²) >= 11 is 5.99. The molecule has 10 heteroatoms. The summed E-state index contributed by atoms with van der Waals surface area (Å²) in [5.74, 6) is -1.16. The van der Waals surface area contributed by atoms with Crippen LogP contribution in [-0.2, 0) is 25.9 Å². The smallest absolute Gasteiger partial charge is 0.329 e. The van der Waals surface area contributed by atoms with Crippen LogP contribution in [0.5, 0.6) is 0 Å². The zero-order valence-corrected chi connectivity index (χ0v) is 23.0. The van der Waals surface area contributed by atoms with Crippen molar-refractivity contribution in [3.05, 3.63) is 94.5 Å². The van der Waals surface area contributed by atoms with Crippen LogP contribution in [0.4, 0.5) is 0 Å². The summed E-state index contributed by atoms with van der Waals surface area (Å²) in [4.78, 5) is 28.7. The Morgan fingerprint density at radius 1 is 1.03 bits per heavy atom. The Labute approximate surface area is 228 Å². The molecule has 1 amide bonds. The van der Waals surface area contributed by atoms with Gasteiger partial charge in [0.1, 0.15) is 0 Å². The highest BCUT2D eigenvalue weighted by Gasteiger charge is 2.21. The number of benzene rings is 3. The monoisotopic (exact) mass is 558 g/mol. The summed E-state index contributed by atoms with van der Waals surface area (Å²) in [6.07, 6.45) is -0.0626. The van der Waals surface area contributed by atoms with E-state index in [0.29, 0.717) is 18.0 Å². The third-order valence-corrected chi connectivity index (χ3v) is 7.85. The van der Waals surface area contributed by atoms with E-state index in [-0.39, 0.29) is 27.9 Å². The minimum atomic E-state index is -3.80. The van der Waals surface area contributed by atoms with Crippen molar-refractivity contribution in [2.75, 3.05) is 13.1 Å². The molecule has 0 fully saturated rings. The van der Waals surface area contributed by atoms with Crippen molar-refractivity contribution in [3.8, 4) is 0 Å². The molecular formula is C28H31ClN2O6S. The van der Waals surface area contributed by atoms with Crippen molar-refractivity contribution in [2.45, 2.75) is 49.1 Å². The van der Waals surface area contributed by atoms with Gasteiger partial charge in [0.25, 0.3) is 5.91 Å². The number of nitrogens with one attached hydrogen (secondary N) is 1. The fourth-order valence-corrected chi connectivity index (χ4v) is 5.30. The van der Waals surface area contributed by atoms with Crippen LogP contribution in [0.3, 0.4) is 0 Å². The van der Waals surface area contributed by atoms with Gasteiger partial charge in [-0.15, -0.1) is 0 Å². The molecule has 2 N–H and O–H groups in total. The molecule has 0 heterocycles. The first-order chi connectivity index (χ1) is 18.0. The van der Waals surface area contributed by atoms with E-state index in [1.165, 1.54) is 31.2 Å². The van der Waals surface area contributed by atoms with Gasteiger partial charge < -0.3 is 15.3 Å². The molecule has 2 atom stereocenters. The second-order valence-corrected chi connectivity index (χ2v) is 11.2. The largest absolute Gasteiger partial charge is 0.387 e. The standard InChI is InChI=1S/C28H31ClN2O6S/c1-4-31(37-20(3)32)28(34)22-10-14-26(15-11-22)38(35,36)25-12-8-21(9-13-25)16-19(2)30-18-27(33)23-6-5-7-24(29)17-23/h5-15,17,19,27,30,33H,4,16,18H2,1-3H3/t19-,27+/m1/s1. The molecule has 0 aromatic heterocycles. The molecule has 0 saturated heterocycles. The summed E-state index contributed by atoms with van der Waals surface area (Å²) in [5.41, 5.74) is 1.87. The van der Waals surface area contributed by atoms with Gasteiger partial charge in [-0.1, -0.05) is 35.9 Å². The van der Waals surface area contributed by atoms with Crippen LogP contribution in [0.15, 0.2) is 82.6 Å². The minimum absolute atomic E-state index is 0.0334. The average Bonchev–Trinajstić information content (AvgIpc) is 2.90. The maximum atomic E-state index is 13.1. The van der Waals surface area contributed by atoms with Gasteiger partial charge >= 0.3 is 5.97 Å². The van der Waals surface area contributed by atoms with Gasteiger partial charge in [-0.2, -0.15) is 5.06 Å². The molecule has 0 aliphatic carbocycles. The Kier molecular flexibility index (Phi) is 10.0. The van der Waals surface area contributed by atoms with E-state index in [9.17, 15) is 23.1 Å². The van der Waals surface area contributed by atoms with Crippen molar-refractivity contribution < 1.29 is 28.0 Å². The molecular weight excluding hydrogens is 528 g/mol. The molecule has 3 aromatic carbocycles. The van der Waals surface area contributed by atoms with E-state index >= 15 is 0 Å². The van der Waals surface area contributed by atoms with Crippen LogP contribution < -0.4 is 5.32 Å². The predicted octanol–water partition coefficient (Wildman–Crippen LogP) is 4.37. The van der Waals surface area contributed by atoms with Gasteiger partial charge in [0, 0.05) is 30.1 Å². The first-order valence-corrected chi connectivity index (χ1v) is 14.0. The number of rotatable bonds is 10. The number of hydroxylamine groups is 2. The second kappa shape index (κ2) is 13.0. The van der Waals surface area contributed by atoms with Gasteiger partial charge in [0.2, 0.25) is 9.84 Å². The summed E-state index contributed by atoms with van der Waals surface area (Å²) in [6.45, 7) is 5.34. The lowest BCUT2D eigenvalue weighted by Crippen LogP contribution is -2.32. The van der Waals surface area contributed by atoms with Gasteiger partial charge in [-0.3, -0.25) is 9.59 Å². The number of aliphatic hydroxyl groups excluding tert-OH is 1. The lowest BCUT2D eigenvalue weighted by atomic mass is 10.1. The maximum Gasteiger partial charge on any atom is 0.329 e. The molecule has 0 aliphatic heterocycles. The van der Waals surface area contributed by atoms with E-state index in [1.807, 2.05) is 13.0 Å². The zero-order valence-electron chi connectivity index (χ0n) is 21.4. The summed E-state index contributed by atoms with van der Waals surface area (Å²) in [6, 6.07) is 19.2. The third kappa shape index (κ3) is 7.64. The molecule has 0 bridgehead atoms. The molecule has 8 nitrogen and oxygen atoms in total. The Bertz CT molecular complexity index is 1360. The molecule has 0 unspecified atom stereocenters. The molecule has 3 rings (SSSR count). The SMILES string of the molecule is CCN(OC(C)=O)C(=O)c1ccc(S(=O)(=O)c2ccc(C[C@@H](C)NC[C@H](O)c3cccc(Cl)c3)cc2)cc1. The van der Waals surface area contributed by atoms with Crippen molar-refractivity contribution in [3.63, 3.8) is 0 Å². The van der Waals surface area contributed by atoms with Gasteiger partial charge in [-0.05, 0) is 79.9 Å². The number of carbonyl (C=O) groups is 2. The number of carbonyl (C=O) groups excluding carboxylic acids is 2. The quantitative estimate of drug-likeness (QED) is 0.355. The van der Waals surface area contributed by atoms with Crippen molar-refractivity contribution in [1.29, 1.82) is 0 Å². The first kappa shape index (κ1) is 29.3. The molecule has 202 valence electrons. The van der Waals surface area contributed by atoms with Crippen LogP contribution in [0.25, 0.3) is 0 Å². The molecule has 3 aromatic rings. The highest BCUT2D eigenvalue weighted by Crippen LogP contribution is 2.23. The Morgan fingerprint density at radius 3 is 2.18 bits per heavy atom. The number of hydrogen-bond donors (Lipinski definition) is 2. The topological polar surface area (TPSA) is 113 Å². The van der Waals surface area contributed by atoms with E-state index in [1.54, 1.807) is 49.4 Å². The van der Waals surface area contributed by atoms with Gasteiger partial charge in [0.05, 0.1) is 22.4 Å². The number of nitrogens with zero attached hydrogens (tertiary/aromatic N) is 1. The summed E-state index contributed by atoms with van der Waals surface area (Å²) in [7, 11) is -3.80. The Balaban J connectivity index is 1.61. The highest BCUT2D eigenvalue weighted by atomic mass is 35.5. The van der Waals surface area contributed by atoms with Crippen LogP contribution >= 0.6 is 11.6 Å². The molecule has 0 aliphatic rings. The molecule has 0 radical (unpaired) electrons. The van der Waals surface area contributed by atoms with Crippen molar-refractivity contribution in [1.82, 2.24) is 10.4 Å². The molecule has 38 heavy (non-hydrogen) atoms. The van der Waals surface area contributed by atoms with Crippen LogP contribution in [0, 0.1) is 0 Å². The van der Waals surface area contributed by atoms with Gasteiger partial charge in [-0.25, -0.2) is 8.42 Å². The first-order valence-electron chi connectivity index (χ1n) is 12.1. The third-order valence-electron chi connectivity index (χ3n) is 5.83. The van der Waals surface area contributed by atoms with Crippen LogP contribution in [0.2, 0.25) is 5.02 Å². The normalized spacial score (nSPS) is 13.0. The highest BCUT2D eigenvalue weighted by molar-refractivity contribution is 7.91. The molecule has 0 spiro atoms. The van der Waals surface area contributed by atoms with Crippen LogP contribution in [-0.4, -0.2) is 49.6 Å². The van der Waals surface area contributed by atoms with E-state index in [4.69, 9.17) is 16.4 Å². The number of sulfone groups is 1. The maximum absolute atomic E-state index is 13.1. The average molecular weight is 559 g/mol. The lowest BCUT2D eigenvalue weighted by Gasteiger charge is -2.18. The molecule has 0 saturated carbocycles. The van der Waals surface area contributed by atoms with Gasteiger partial charge in [0.15, 0.2) is 0 Å². The van der Waals surface area contributed by atoms with Crippen molar-refractivity contribution in [2.24, 2.45) is 0 Å². The number of halogens is 1. The van der Waals surface area contributed by atoms with E-state index in [2.05, 4.69) is 5.32 Å². The predicted molar refractivity (Wildman–Crippen MR) is 144 cm³/mol. The lowest BCUT2D eigenvalue weighted by molar-refractivity contribution is -0.174. The Hall–Kier alpha value is -3.24. The zero-order chi connectivity index (χ0) is 27.9. The fraction of sp³-hybridized carbons (Fsp3) is 0.286. The minimum Gasteiger partial charge on any atom is -0.387 e. The second-order valence-electron chi connectivity index (χ2n) is 8.84. The number of amides is 1. The van der Waals surface area contributed by atoms with Crippen molar-refractivity contribution >= 4 is 33.3 Å². The van der Waals surface area contributed by atoms with E-state index < -0.39 is 27.8 Å². The summed E-state index contributed by atoms with van der Waals surface area (Å²) in [5, 5.41) is 15.2. The number of aliphatic hydroxyl groups is 1.